The van der Waals surface area contributed by atoms with Gasteiger partial charge < -0.3 is 14.4 Å². The largest absolute Gasteiger partial charge is 0.493 e. The second-order valence-corrected chi connectivity index (χ2v) is 5.99. The van der Waals surface area contributed by atoms with E-state index < -0.39 is 0 Å². The van der Waals surface area contributed by atoms with Crippen LogP contribution in [-0.4, -0.2) is 38.3 Å². The normalized spacial score (nSPS) is 12.5. The molecule has 0 heterocycles. The molecule has 0 amide bonds. The monoisotopic (exact) mass is 307 g/mol. The first kappa shape index (κ1) is 18.8. The Morgan fingerprint density at radius 2 is 1.55 bits per heavy atom. The standard InChI is InChI=1S/C19H33NO2/c1-6-8-12-20(13-9-7-2)16(3)14-17-10-11-18(21-4)19(15-17)22-5/h10-11,15-16H,6-9,12-14H2,1-5H3/t16-/m1/s1. The van der Waals surface area contributed by atoms with Gasteiger partial charge in [-0.1, -0.05) is 32.8 Å². The van der Waals surface area contributed by atoms with Crippen LogP contribution in [0.25, 0.3) is 0 Å². The van der Waals surface area contributed by atoms with Crippen LogP contribution in [0.2, 0.25) is 0 Å². The molecule has 0 aromatic heterocycles. The molecule has 0 saturated carbocycles. The van der Waals surface area contributed by atoms with Gasteiger partial charge in [-0.15, -0.1) is 0 Å². The highest BCUT2D eigenvalue weighted by Crippen LogP contribution is 2.28. The molecular formula is C19H33NO2. The highest BCUT2D eigenvalue weighted by Gasteiger charge is 2.14. The Morgan fingerprint density at radius 1 is 0.955 bits per heavy atom. The van der Waals surface area contributed by atoms with Gasteiger partial charge in [0, 0.05) is 6.04 Å². The van der Waals surface area contributed by atoms with E-state index in [1.165, 1.54) is 44.3 Å². The lowest BCUT2D eigenvalue weighted by atomic mass is 10.0. The van der Waals surface area contributed by atoms with Crippen molar-refractivity contribution in [1.82, 2.24) is 4.90 Å². The summed E-state index contributed by atoms with van der Waals surface area (Å²) >= 11 is 0. The summed E-state index contributed by atoms with van der Waals surface area (Å²) in [4.78, 5) is 2.63. The molecule has 1 aromatic carbocycles. The van der Waals surface area contributed by atoms with Gasteiger partial charge in [0.25, 0.3) is 0 Å². The number of unbranched alkanes of at least 4 members (excludes halogenated alkanes) is 2. The van der Waals surface area contributed by atoms with Crippen LogP contribution in [0.5, 0.6) is 11.5 Å². The van der Waals surface area contributed by atoms with Crippen molar-refractivity contribution in [1.29, 1.82) is 0 Å². The Bertz CT molecular complexity index is 412. The van der Waals surface area contributed by atoms with E-state index in [1.807, 2.05) is 6.07 Å². The Hall–Kier alpha value is -1.22. The van der Waals surface area contributed by atoms with Crippen LogP contribution in [0.3, 0.4) is 0 Å². The molecule has 0 aliphatic heterocycles. The number of methoxy groups -OCH3 is 2. The molecule has 0 N–H and O–H groups in total. The third-order valence-corrected chi connectivity index (χ3v) is 4.20. The van der Waals surface area contributed by atoms with Crippen LogP contribution in [0.4, 0.5) is 0 Å². The van der Waals surface area contributed by atoms with Crippen molar-refractivity contribution in [3.8, 4) is 11.5 Å². The summed E-state index contributed by atoms with van der Waals surface area (Å²) in [7, 11) is 3.37. The molecular weight excluding hydrogens is 274 g/mol. The summed E-state index contributed by atoms with van der Waals surface area (Å²) < 4.78 is 10.7. The SMILES string of the molecule is CCCCN(CCCC)[C@H](C)Cc1ccc(OC)c(OC)c1. The van der Waals surface area contributed by atoms with E-state index in [2.05, 4.69) is 37.8 Å². The van der Waals surface area contributed by atoms with Crippen molar-refractivity contribution in [3.63, 3.8) is 0 Å². The molecule has 0 fully saturated rings. The van der Waals surface area contributed by atoms with Gasteiger partial charge in [0.05, 0.1) is 14.2 Å². The zero-order chi connectivity index (χ0) is 16.4. The zero-order valence-corrected chi connectivity index (χ0v) is 15.0. The first-order valence-corrected chi connectivity index (χ1v) is 8.61. The average Bonchev–Trinajstić information content (AvgIpc) is 2.54. The smallest absolute Gasteiger partial charge is 0.160 e. The fraction of sp³-hybridized carbons (Fsp3) is 0.684. The maximum absolute atomic E-state index is 5.41. The molecule has 3 nitrogen and oxygen atoms in total. The quantitative estimate of drug-likeness (QED) is 0.599. The van der Waals surface area contributed by atoms with Crippen molar-refractivity contribution in [2.24, 2.45) is 0 Å². The third kappa shape index (κ3) is 5.88. The topological polar surface area (TPSA) is 21.7 Å². The Balaban J connectivity index is 2.72. The fourth-order valence-corrected chi connectivity index (χ4v) is 2.75. The first-order chi connectivity index (χ1) is 10.7. The number of ether oxygens (including phenoxy) is 2. The summed E-state index contributed by atoms with van der Waals surface area (Å²) in [6, 6.07) is 6.81. The van der Waals surface area contributed by atoms with Gasteiger partial charge in [0.1, 0.15) is 0 Å². The summed E-state index contributed by atoms with van der Waals surface area (Å²) in [5, 5.41) is 0. The Labute approximate surface area is 136 Å². The van der Waals surface area contributed by atoms with Gasteiger partial charge >= 0.3 is 0 Å². The maximum atomic E-state index is 5.41. The van der Waals surface area contributed by atoms with Gasteiger partial charge in [-0.2, -0.15) is 0 Å². The Morgan fingerprint density at radius 3 is 2.05 bits per heavy atom. The Kier molecular flexibility index (Phi) is 8.98. The predicted molar refractivity (Wildman–Crippen MR) is 94.1 cm³/mol. The summed E-state index contributed by atoms with van der Waals surface area (Å²) in [5.74, 6) is 1.62. The highest BCUT2D eigenvalue weighted by atomic mass is 16.5. The lowest BCUT2D eigenvalue weighted by Crippen LogP contribution is -2.36. The fourth-order valence-electron chi connectivity index (χ4n) is 2.75. The minimum atomic E-state index is 0.552. The average molecular weight is 307 g/mol. The van der Waals surface area contributed by atoms with Gasteiger partial charge in [0.2, 0.25) is 0 Å². The van der Waals surface area contributed by atoms with Gasteiger partial charge in [-0.3, -0.25) is 0 Å². The summed E-state index contributed by atoms with van der Waals surface area (Å²) in [6.45, 7) is 9.26. The third-order valence-electron chi connectivity index (χ3n) is 4.20. The van der Waals surface area contributed by atoms with Crippen LogP contribution < -0.4 is 9.47 Å². The molecule has 0 bridgehead atoms. The number of nitrogens with zero attached hydrogens (tertiary/aromatic N) is 1. The van der Waals surface area contributed by atoms with Gasteiger partial charge in [0.15, 0.2) is 11.5 Å². The van der Waals surface area contributed by atoms with E-state index >= 15 is 0 Å². The minimum absolute atomic E-state index is 0.552. The van der Waals surface area contributed by atoms with Crippen LogP contribution in [0, 0.1) is 0 Å². The number of hydrogen-bond donors (Lipinski definition) is 0. The summed E-state index contributed by atoms with van der Waals surface area (Å²) in [6.07, 6.45) is 6.12. The molecule has 126 valence electrons. The molecule has 0 radical (unpaired) electrons. The highest BCUT2D eigenvalue weighted by molar-refractivity contribution is 5.43. The first-order valence-electron chi connectivity index (χ1n) is 8.61. The predicted octanol–water partition coefficient (Wildman–Crippen LogP) is 4.54. The number of benzene rings is 1. The summed E-state index contributed by atoms with van der Waals surface area (Å²) in [5.41, 5.74) is 1.31. The second-order valence-electron chi connectivity index (χ2n) is 5.99. The molecule has 0 spiro atoms. The second kappa shape index (κ2) is 10.5. The van der Waals surface area contributed by atoms with Gasteiger partial charge in [-0.25, -0.2) is 0 Å². The van der Waals surface area contributed by atoms with Crippen molar-refractivity contribution >= 4 is 0 Å². The number of hydrogen-bond acceptors (Lipinski definition) is 3. The molecule has 3 heteroatoms. The van der Waals surface area contributed by atoms with E-state index in [-0.39, 0.29) is 0 Å². The van der Waals surface area contributed by atoms with E-state index in [9.17, 15) is 0 Å². The van der Waals surface area contributed by atoms with Crippen LogP contribution >= 0.6 is 0 Å². The lowest BCUT2D eigenvalue weighted by molar-refractivity contribution is 0.201. The molecule has 1 atom stereocenters. The number of rotatable bonds is 11. The minimum Gasteiger partial charge on any atom is -0.493 e. The van der Waals surface area contributed by atoms with Crippen molar-refractivity contribution in [3.05, 3.63) is 23.8 Å². The van der Waals surface area contributed by atoms with Crippen molar-refractivity contribution in [2.45, 2.75) is 58.9 Å². The van der Waals surface area contributed by atoms with Crippen molar-refractivity contribution in [2.75, 3.05) is 27.3 Å². The molecule has 0 aliphatic rings. The van der Waals surface area contributed by atoms with E-state index in [0.717, 1.165) is 17.9 Å². The molecule has 0 aliphatic carbocycles. The van der Waals surface area contributed by atoms with E-state index in [1.54, 1.807) is 14.2 Å². The van der Waals surface area contributed by atoms with E-state index in [4.69, 9.17) is 9.47 Å². The van der Waals surface area contributed by atoms with Crippen LogP contribution in [0.15, 0.2) is 18.2 Å². The van der Waals surface area contributed by atoms with Crippen LogP contribution in [0.1, 0.15) is 52.0 Å². The zero-order valence-electron chi connectivity index (χ0n) is 15.0. The molecule has 0 saturated heterocycles. The van der Waals surface area contributed by atoms with Crippen molar-refractivity contribution < 1.29 is 9.47 Å². The lowest BCUT2D eigenvalue weighted by Gasteiger charge is -2.29. The van der Waals surface area contributed by atoms with Crippen LogP contribution in [-0.2, 0) is 6.42 Å². The maximum Gasteiger partial charge on any atom is 0.160 e. The molecule has 0 unspecified atom stereocenters. The molecule has 1 rings (SSSR count). The molecule has 1 aromatic rings. The van der Waals surface area contributed by atoms with Gasteiger partial charge in [-0.05, 0) is 57.0 Å². The van der Waals surface area contributed by atoms with E-state index in [0.29, 0.717) is 6.04 Å². The molecule has 22 heavy (non-hydrogen) atoms.